The first kappa shape index (κ1) is 15.7. The molecule has 112 valence electrons. The highest BCUT2D eigenvalue weighted by molar-refractivity contribution is 6.31. The van der Waals surface area contributed by atoms with Gasteiger partial charge in [0, 0.05) is 30.6 Å². The molecule has 0 saturated heterocycles. The zero-order valence-corrected chi connectivity index (χ0v) is 12.8. The zero-order valence-electron chi connectivity index (χ0n) is 12.1. The van der Waals surface area contributed by atoms with Gasteiger partial charge in [0.2, 0.25) is 0 Å². The van der Waals surface area contributed by atoms with Crippen LogP contribution in [0.1, 0.15) is 37.7 Å². The Kier molecular flexibility index (Phi) is 5.82. The normalized spacial score (nSPS) is 18.1. The lowest BCUT2D eigenvalue weighted by atomic mass is 9.69. The molecule has 0 radical (unpaired) electrons. The van der Waals surface area contributed by atoms with E-state index < -0.39 is 0 Å². The van der Waals surface area contributed by atoms with Crippen molar-refractivity contribution in [3.8, 4) is 0 Å². The van der Waals surface area contributed by atoms with Gasteiger partial charge >= 0.3 is 0 Å². The Hall–Kier alpha value is -0.640. The van der Waals surface area contributed by atoms with Crippen molar-refractivity contribution >= 4 is 11.6 Å². The first-order chi connectivity index (χ1) is 9.68. The molecule has 20 heavy (non-hydrogen) atoms. The van der Waals surface area contributed by atoms with Crippen LogP contribution in [0.15, 0.2) is 18.2 Å². The highest BCUT2D eigenvalue weighted by Crippen LogP contribution is 2.42. The molecule has 0 spiro atoms. The molecule has 1 N–H and O–H groups in total. The Bertz CT molecular complexity index is 432. The van der Waals surface area contributed by atoms with E-state index in [1.807, 2.05) is 6.07 Å². The average molecular weight is 300 g/mol. The molecule has 1 fully saturated rings. The molecule has 0 bridgehead atoms. The third-order valence-corrected chi connectivity index (χ3v) is 4.57. The van der Waals surface area contributed by atoms with Crippen LogP contribution in [0.5, 0.6) is 0 Å². The average Bonchev–Trinajstić information content (AvgIpc) is 2.44. The van der Waals surface area contributed by atoms with Crippen LogP contribution in [0.3, 0.4) is 0 Å². The summed E-state index contributed by atoms with van der Waals surface area (Å²) >= 11 is 6.30. The summed E-state index contributed by atoms with van der Waals surface area (Å²) < 4.78 is 18.3. The molecule has 4 heteroatoms. The van der Waals surface area contributed by atoms with Crippen molar-refractivity contribution in [1.29, 1.82) is 0 Å². The summed E-state index contributed by atoms with van der Waals surface area (Å²) in [6.45, 7) is 2.41. The molecular weight excluding hydrogens is 277 g/mol. The molecule has 0 atom stereocenters. The van der Waals surface area contributed by atoms with Crippen molar-refractivity contribution in [3.63, 3.8) is 0 Å². The predicted molar refractivity (Wildman–Crippen MR) is 80.9 cm³/mol. The third kappa shape index (κ3) is 3.72. The van der Waals surface area contributed by atoms with Gasteiger partial charge in [0.25, 0.3) is 0 Å². The summed E-state index contributed by atoms with van der Waals surface area (Å²) in [4.78, 5) is 0. The first-order valence-electron chi connectivity index (χ1n) is 7.33. The van der Waals surface area contributed by atoms with Crippen molar-refractivity contribution in [2.75, 3.05) is 26.8 Å². The van der Waals surface area contributed by atoms with Gasteiger partial charge in [0.15, 0.2) is 0 Å². The maximum Gasteiger partial charge on any atom is 0.124 e. The first-order valence-corrected chi connectivity index (χ1v) is 7.71. The van der Waals surface area contributed by atoms with Crippen LogP contribution in [-0.4, -0.2) is 26.8 Å². The topological polar surface area (TPSA) is 21.3 Å². The van der Waals surface area contributed by atoms with E-state index in [1.165, 1.54) is 31.4 Å². The molecule has 0 amide bonds. The molecule has 1 saturated carbocycles. The van der Waals surface area contributed by atoms with Crippen molar-refractivity contribution in [1.82, 2.24) is 5.32 Å². The lowest BCUT2D eigenvalue weighted by molar-refractivity contribution is 0.192. The number of hydrogen-bond donors (Lipinski definition) is 1. The molecule has 1 aromatic carbocycles. The quantitative estimate of drug-likeness (QED) is 0.804. The van der Waals surface area contributed by atoms with Crippen molar-refractivity contribution in [2.24, 2.45) is 0 Å². The number of benzene rings is 1. The fraction of sp³-hybridized carbons (Fsp3) is 0.625. The molecule has 2 nitrogen and oxygen atoms in total. The number of nitrogens with one attached hydrogen (secondary N) is 1. The summed E-state index contributed by atoms with van der Waals surface area (Å²) in [5.41, 5.74) is 1.13. The zero-order chi connectivity index (χ0) is 14.4. The highest BCUT2D eigenvalue weighted by atomic mass is 35.5. The van der Waals surface area contributed by atoms with E-state index in [9.17, 15) is 4.39 Å². The minimum Gasteiger partial charge on any atom is -0.383 e. The largest absolute Gasteiger partial charge is 0.383 e. The van der Waals surface area contributed by atoms with Gasteiger partial charge in [-0.1, -0.05) is 36.9 Å². The van der Waals surface area contributed by atoms with E-state index >= 15 is 0 Å². The Morgan fingerprint density at radius 1 is 1.30 bits per heavy atom. The number of rotatable bonds is 6. The van der Waals surface area contributed by atoms with Gasteiger partial charge in [0.05, 0.1) is 6.61 Å². The fourth-order valence-electron chi connectivity index (χ4n) is 3.19. The maximum atomic E-state index is 13.3. The van der Waals surface area contributed by atoms with Gasteiger partial charge < -0.3 is 10.1 Å². The summed E-state index contributed by atoms with van der Waals surface area (Å²) in [5, 5.41) is 4.02. The molecule has 0 aliphatic heterocycles. The van der Waals surface area contributed by atoms with Crippen LogP contribution >= 0.6 is 11.6 Å². The van der Waals surface area contributed by atoms with E-state index in [0.717, 1.165) is 31.5 Å². The monoisotopic (exact) mass is 299 g/mol. The van der Waals surface area contributed by atoms with E-state index in [1.54, 1.807) is 7.11 Å². The minimum atomic E-state index is -0.267. The van der Waals surface area contributed by atoms with E-state index in [4.69, 9.17) is 16.3 Å². The van der Waals surface area contributed by atoms with E-state index in [0.29, 0.717) is 11.6 Å². The molecule has 1 aromatic rings. The molecule has 0 unspecified atom stereocenters. The maximum absolute atomic E-state index is 13.3. The van der Waals surface area contributed by atoms with Crippen LogP contribution in [0, 0.1) is 5.82 Å². The van der Waals surface area contributed by atoms with Crippen LogP contribution in [0.2, 0.25) is 5.02 Å². The molecule has 1 aliphatic rings. The molecule has 2 rings (SSSR count). The molecule has 0 aromatic heterocycles. The Morgan fingerprint density at radius 2 is 2.05 bits per heavy atom. The van der Waals surface area contributed by atoms with Crippen molar-refractivity contribution in [2.45, 2.75) is 37.5 Å². The Balaban J connectivity index is 2.17. The van der Waals surface area contributed by atoms with Gasteiger partial charge in [-0.05, 0) is 30.5 Å². The second-order valence-corrected chi connectivity index (χ2v) is 6.04. The van der Waals surface area contributed by atoms with Gasteiger partial charge in [0.1, 0.15) is 5.82 Å². The summed E-state index contributed by atoms with van der Waals surface area (Å²) in [6, 6.07) is 4.82. The summed E-state index contributed by atoms with van der Waals surface area (Å²) in [6.07, 6.45) is 5.91. The fourth-order valence-corrected chi connectivity index (χ4v) is 3.56. The highest BCUT2D eigenvalue weighted by Gasteiger charge is 2.35. The van der Waals surface area contributed by atoms with Crippen molar-refractivity contribution in [3.05, 3.63) is 34.6 Å². The van der Waals surface area contributed by atoms with Crippen molar-refractivity contribution < 1.29 is 9.13 Å². The second-order valence-electron chi connectivity index (χ2n) is 5.63. The SMILES string of the molecule is COCCNCC1(c2ccc(F)cc2Cl)CCCCC1. The van der Waals surface area contributed by atoms with Gasteiger partial charge in [-0.2, -0.15) is 0 Å². The Labute approximate surface area is 125 Å². The van der Waals surface area contributed by atoms with Crippen LogP contribution in [0.25, 0.3) is 0 Å². The third-order valence-electron chi connectivity index (χ3n) is 4.26. The van der Waals surface area contributed by atoms with Crippen LogP contribution in [0.4, 0.5) is 4.39 Å². The number of hydrogen-bond acceptors (Lipinski definition) is 2. The van der Waals surface area contributed by atoms with Gasteiger partial charge in [-0.15, -0.1) is 0 Å². The van der Waals surface area contributed by atoms with E-state index in [2.05, 4.69) is 5.32 Å². The molecule has 0 heterocycles. The Morgan fingerprint density at radius 3 is 2.70 bits per heavy atom. The minimum absolute atomic E-state index is 0.0385. The van der Waals surface area contributed by atoms with Crippen LogP contribution in [-0.2, 0) is 10.2 Å². The lowest BCUT2D eigenvalue weighted by Gasteiger charge is -2.39. The van der Waals surface area contributed by atoms with E-state index in [-0.39, 0.29) is 11.2 Å². The summed E-state index contributed by atoms with van der Waals surface area (Å²) in [7, 11) is 1.70. The smallest absolute Gasteiger partial charge is 0.124 e. The lowest BCUT2D eigenvalue weighted by Crippen LogP contribution is -2.41. The summed E-state index contributed by atoms with van der Waals surface area (Å²) in [5.74, 6) is -0.267. The van der Waals surface area contributed by atoms with Crippen LogP contribution < -0.4 is 5.32 Å². The number of ether oxygens (including phenoxy) is 1. The molecular formula is C16H23ClFNO. The predicted octanol–water partition coefficient (Wildman–Crippen LogP) is 3.92. The van der Waals surface area contributed by atoms with Gasteiger partial charge in [-0.25, -0.2) is 4.39 Å². The standard InChI is InChI=1S/C16H23ClFNO/c1-20-10-9-19-12-16(7-3-2-4-8-16)14-6-5-13(18)11-15(14)17/h5-6,11,19H,2-4,7-10,12H2,1H3. The number of halogens is 2. The second kappa shape index (κ2) is 7.39. The van der Waals surface area contributed by atoms with Gasteiger partial charge in [-0.3, -0.25) is 0 Å². The molecule has 1 aliphatic carbocycles. The number of methoxy groups -OCH3 is 1.